The molecule has 0 bridgehead atoms. The van der Waals surface area contributed by atoms with Crippen molar-refractivity contribution >= 4 is 5.91 Å². The number of nitrogens with zero attached hydrogens (tertiary/aromatic N) is 1. The topological polar surface area (TPSA) is 46.3 Å². The maximum Gasteiger partial charge on any atom is 0.241 e. The van der Waals surface area contributed by atoms with E-state index >= 15 is 0 Å². The van der Waals surface area contributed by atoms with E-state index in [9.17, 15) is 4.79 Å². The van der Waals surface area contributed by atoms with Crippen molar-refractivity contribution < 1.29 is 4.79 Å². The largest absolute Gasteiger partial charge is 0.339 e. The lowest BCUT2D eigenvalue weighted by Gasteiger charge is -2.37. The summed E-state index contributed by atoms with van der Waals surface area (Å²) in [6.45, 7) is 8.14. The molecule has 1 saturated heterocycles. The van der Waals surface area contributed by atoms with Crippen LogP contribution in [0.15, 0.2) is 0 Å². The smallest absolute Gasteiger partial charge is 0.241 e. The number of likely N-dealkylation sites (tertiary alicyclic amines) is 1. The zero-order valence-corrected chi connectivity index (χ0v) is 8.13. The average Bonchev–Trinajstić information content (AvgIpc) is 1.95. The van der Waals surface area contributed by atoms with Crippen LogP contribution in [-0.2, 0) is 4.79 Å². The molecule has 0 aromatic carbocycles. The minimum Gasteiger partial charge on any atom is -0.339 e. The second-order valence-corrected chi connectivity index (χ2v) is 4.70. The van der Waals surface area contributed by atoms with Gasteiger partial charge in [0.05, 0.1) is 0 Å². The fourth-order valence-electron chi connectivity index (χ4n) is 1.20. The van der Waals surface area contributed by atoms with E-state index in [4.69, 9.17) is 5.73 Å². The Labute approximate surface area is 73.9 Å². The summed E-state index contributed by atoms with van der Waals surface area (Å²) in [5, 5.41) is 0. The maximum atomic E-state index is 11.1. The average molecular weight is 170 g/mol. The highest BCUT2D eigenvalue weighted by molar-refractivity contribution is 5.87. The normalized spacial score (nSPS) is 24.2. The van der Waals surface area contributed by atoms with Crippen LogP contribution in [0.1, 0.15) is 27.2 Å². The first kappa shape index (κ1) is 9.52. The summed E-state index contributed by atoms with van der Waals surface area (Å²) in [5.41, 5.74) is 5.77. The van der Waals surface area contributed by atoms with Crippen LogP contribution in [0.4, 0.5) is 0 Å². The predicted octanol–water partition coefficient (Wildman–Crippen LogP) is 0.592. The van der Waals surface area contributed by atoms with Gasteiger partial charge >= 0.3 is 0 Å². The minimum atomic E-state index is -0.218. The quantitative estimate of drug-likeness (QED) is 0.617. The van der Waals surface area contributed by atoms with Crippen molar-refractivity contribution in [3.63, 3.8) is 0 Å². The Morgan fingerprint density at radius 3 is 2.50 bits per heavy atom. The van der Waals surface area contributed by atoms with Gasteiger partial charge in [0.1, 0.15) is 6.04 Å². The molecule has 0 saturated carbocycles. The van der Waals surface area contributed by atoms with E-state index in [1.807, 2.05) is 4.90 Å². The molecule has 12 heavy (non-hydrogen) atoms. The molecule has 70 valence electrons. The first-order valence-corrected chi connectivity index (χ1v) is 4.44. The van der Waals surface area contributed by atoms with Crippen LogP contribution in [0.5, 0.6) is 0 Å². The Morgan fingerprint density at radius 2 is 2.17 bits per heavy atom. The Hall–Kier alpha value is -0.570. The zero-order chi connectivity index (χ0) is 9.35. The minimum absolute atomic E-state index is 0.110. The number of β-lactam (4-membered cyclic amide) rings is 1. The molecule has 1 fully saturated rings. The number of carbonyl (C=O) groups is 1. The SMILES string of the molecule is CC(C)(C)CCN1CC(N)C1=O. The van der Waals surface area contributed by atoms with Gasteiger partial charge in [0.2, 0.25) is 5.91 Å². The summed E-state index contributed by atoms with van der Waals surface area (Å²) >= 11 is 0. The number of amides is 1. The van der Waals surface area contributed by atoms with Crippen molar-refractivity contribution in [2.45, 2.75) is 33.2 Å². The molecule has 3 heteroatoms. The molecule has 0 aromatic rings. The zero-order valence-electron chi connectivity index (χ0n) is 8.13. The number of rotatable bonds is 2. The third-order valence-electron chi connectivity index (χ3n) is 2.18. The van der Waals surface area contributed by atoms with Gasteiger partial charge in [-0.2, -0.15) is 0 Å². The van der Waals surface area contributed by atoms with Crippen LogP contribution < -0.4 is 5.73 Å². The molecule has 1 rings (SSSR count). The lowest BCUT2D eigenvalue weighted by molar-refractivity contribution is -0.142. The summed E-state index contributed by atoms with van der Waals surface area (Å²) < 4.78 is 0. The number of hydrogen-bond donors (Lipinski definition) is 1. The predicted molar refractivity (Wildman–Crippen MR) is 48.6 cm³/mol. The highest BCUT2D eigenvalue weighted by Gasteiger charge is 2.33. The van der Waals surface area contributed by atoms with Crippen LogP contribution in [0.2, 0.25) is 0 Å². The third-order valence-corrected chi connectivity index (χ3v) is 2.18. The second kappa shape index (κ2) is 3.05. The van der Waals surface area contributed by atoms with Crippen LogP contribution in [0.25, 0.3) is 0 Å². The number of nitrogens with two attached hydrogens (primary N) is 1. The van der Waals surface area contributed by atoms with Crippen molar-refractivity contribution in [3.05, 3.63) is 0 Å². The van der Waals surface area contributed by atoms with Crippen molar-refractivity contribution in [1.29, 1.82) is 0 Å². The molecule has 1 amide bonds. The fourth-order valence-corrected chi connectivity index (χ4v) is 1.20. The molecule has 0 aromatic heterocycles. The summed E-state index contributed by atoms with van der Waals surface area (Å²) in [6, 6.07) is -0.218. The second-order valence-electron chi connectivity index (χ2n) is 4.70. The van der Waals surface area contributed by atoms with Crippen molar-refractivity contribution in [3.8, 4) is 0 Å². The molecular formula is C9H18N2O. The highest BCUT2D eigenvalue weighted by Crippen LogP contribution is 2.20. The molecule has 1 unspecified atom stereocenters. The van der Waals surface area contributed by atoms with E-state index in [2.05, 4.69) is 20.8 Å². The first-order valence-electron chi connectivity index (χ1n) is 4.44. The summed E-state index contributed by atoms with van der Waals surface area (Å²) in [7, 11) is 0. The van der Waals surface area contributed by atoms with Gasteiger partial charge in [-0.3, -0.25) is 4.79 Å². The molecule has 1 aliphatic rings. The highest BCUT2D eigenvalue weighted by atomic mass is 16.2. The third kappa shape index (κ3) is 2.21. The summed E-state index contributed by atoms with van der Waals surface area (Å²) in [6.07, 6.45) is 1.05. The summed E-state index contributed by atoms with van der Waals surface area (Å²) in [4.78, 5) is 12.9. The van der Waals surface area contributed by atoms with Gasteiger partial charge in [-0.25, -0.2) is 0 Å². The molecule has 1 heterocycles. The molecule has 0 aliphatic carbocycles. The number of carbonyl (C=O) groups excluding carboxylic acids is 1. The standard InChI is InChI=1S/C9H18N2O/c1-9(2,3)4-5-11-6-7(10)8(11)12/h7H,4-6,10H2,1-3H3. The molecule has 0 spiro atoms. The first-order chi connectivity index (χ1) is 5.40. The van der Waals surface area contributed by atoms with Gasteiger partial charge in [-0.05, 0) is 11.8 Å². The lowest BCUT2D eigenvalue weighted by Crippen LogP contribution is -2.61. The van der Waals surface area contributed by atoms with E-state index < -0.39 is 0 Å². The lowest BCUT2D eigenvalue weighted by atomic mass is 9.91. The Kier molecular flexibility index (Phi) is 2.42. The molecule has 3 nitrogen and oxygen atoms in total. The van der Waals surface area contributed by atoms with E-state index in [0.29, 0.717) is 5.41 Å². The van der Waals surface area contributed by atoms with Crippen molar-refractivity contribution in [2.75, 3.05) is 13.1 Å². The van der Waals surface area contributed by atoms with E-state index in [1.165, 1.54) is 0 Å². The Morgan fingerprint density at radius 1 is 1.58 bits per heavy atom. The fraction of sp³-hybridized carbons (Fsp3) is 0.889. The summed E-state index contributed by atoms with van der Waals surface area (Å²) in [5.74, 6) is 0.110. The van der Waals surface area contributed by atoms with Gasteiger partial charge < -0.3 is 10.6 Å². The van der Waals surface area contributed by atoms with Crippen molar-refractivity contribution in [1.82, 2.24) is 4.90 Å². The van der Waals surface area contributed by atoms with Gasteiger partial charge in [0.25, 0.3) is 0 Å². The van der Waals surface area contributed by atoms with Crippen molar-refractivity contribution in [2.24, 2.45) is 11.1 Å². The number of hydrogen-bond acceptors (Lipinski definition) is 2. The van der Waals surface area contributed by atoms with Gasteiger partial charge in [-0.15, -0.1) is 0 Å². The molecule has 1 aliphatic heterocycles. The van der Waals surface area contributed by atoms with E-state index in [0.717, 1.165) is 19.5 Å². The van der Waals surface area contributed by atoms with Crippen LogP contribution in [-0.4, -0.2) is 29.9 Å². The maximum absolute atomic E-state index is 11.1. The van der Waals surface area contributed by atoms with Crippen LogP contribution >= 0.6 is 0 Å². The van der Waals surface area contributed by atoms with Crippen LogP contribution in [0, 0.1) is 5.41 Å². The van der Waals surface area contributed by atoms with Gasteiger partial charge in [0.15, 0.2) is 0 Å². The van der Waals surface area contributed by atoms with E-state index in [1.54, 1.807) is 0 Å². The van der Waals surface area contributed by atoms with Gasteiger partial charge in [0, 0.05) is 13.1 Å². The Balaban J connectivity index is 2.22. The van der Waals surface area contributed by atoms with E-state index in [-0.39, 0.29) is 11.9 Å². The monoisotopic (exact) mass is 170 g/mol. The molecule has 0 radical (unpaired) electrons. The molecule has 2 N–H and O–H groups in total. The Bertz CT molecular complexity index is 183. The molecule has 1 atom stereocenters. The van der Waals surface area contributed by atoms with Gasteiger partial charge in [-0.1, -0.05) is 20.8 Å². The molecular weight excluding hydrogens is 152 g/mol. The van der Waals surface area contributed by atoms with Crippen LogP contribution in [0.3, 0.4) is 0 Å².